The average molecular weight is 381 g/mol. The van der Waals surface area contributed by atoms with E-state index in [0.717, 1.165) is 14.8 Å². The van der Waals surface area contributed by atoms with Crippen LogP contribution in [0.5, 0.6) is 0 Å². The van der Waals surface area contributed by atoms with Crippen molar-refractivity contribution in [3.05, 3.63) is 56.7 Å². The summed E-state index contributed by atoms with van der Waals surface area (Å²) in [5.74, 6) is -0.429. The van der Waals surface area contributed by atoms with Crippen molar-refractivity contribution in [1.82, 2.24) is 10.2 Å². The van der Waals surface area contributed by atoms with Crippen LogP contribution in [0.1, 0.15) is 27.7 Å². The molecule has 5 nitrogen and oxygen atoms in total. The lowest BCUT2D eigenvalue weighted by molar-refractivity contribution is -0.125. The van der Waals surface area contributed by atoms with E-state index >= 15 is 0 Å². The maximum atomic E-state index is 12.3. The van der Waals surface area contributed by atoms with E-state index in [0.29, 0.717) is 18.7 Å². The van der Waals surface area contributed by atoms with E-state index in [-0.39, 0.29) is 17.9 Å². The number of hydrogen-bond acceptors (Lipinski definition) is 5. The van der Waals surface area contributed by atoms with E-state index in [1.807, 2.05) is 31.0 Å². The van der Waals surface area contributed by atoms with Crippen molar-refractivity contribution in [2.45, 2.75) is 26.1 Å². The zero-order valence-corrected chi connectivity index (χ0v) is 16.0. The maximum Gasteiger partial charge on any atom is 0.337 e. The second kappa shape index (κ2) is 8.99. The molecule has 2 aromatic rings. The van der Waals surface area contributed by atoms with Crippen LogP contribution in [0.2, 0.25) is 4.34 Å². The standard InChI is InChI=1S/C18H21ClN2O3S/c1-12(21(2)11-15-8-9-16(19)25-15)17(22)20-10-13-4-6-14(7-5-13)18(23)24-3/h4-9,12H,10-11H2,1-3H3,(H,20,22)/t12-/m0/s1. The zero-order chi connectivity index (χ0) is 18.4. The SMILES string of the molecule is COC(=O)c1ccc(CNC(=O)[C@H](C)N(C)Cc2ccc(Cl)s2)cc1. The Hall–Kier alpha value is -1.89. The van der Waals surface area contributed by atoms with Gasteiger partial charge in [0.1, 0.15) is 0 Å². The first-order valence-electron chi connectivity index (χ1n) is 7.80. The highest BCUT2D eigenvalue weighted by atomic mass is 35.5. The molecule has 0 aliphatic heterocycles. The van der Waals surface area contributed by atoms with E-state index in [4.69, 9.17) is 11.6 Å². The van der Waals surface area contributed by atoms with Gasteiger partial charge in [-0.1, -0.05) is 23.7 Å². The van der Waals surface area contributed by atoms with Crippen LogP contribution < -0.4 is 5.32 Å². The van der Waals surface area contributed by atoms with Crippen LogP contribution in [0.3, 0.4) is 0 Å². The van der Waals surface area contributed by atoms with Crippen molar-refractivity contribution in [3.63, 3.8) is 0 Å². The molecule has 0 bridgehead atoms. The number of rotatable bonds is 7. The Kier molecular flexibility index (Phi) is 6.99. The number of nitrogens with one attached hydrogen (secondary N) is 1. The van der Waals surface area contributed by atoms with Crippen molar-refractivity contribution < 1.29 is 14.3 Å². The minimum Gasteiger partial charge on any atom is -0.465 e. The van der Waals surface area contributed by atoms with Gasteiger partial charge in [0.25, 0.3) is 0 Å². The Morgan fingerprint density at radius 3 is 2.48 bits per heavy atom. The summed E-state index contributed by atoms with van der Waals surface area (Å²) in [6, 6.07) is 10.5. The van der Waals surface area contributed by atoms with Crippen LogP contribution in [0.15, 0.2) is 36.4 Å². The van der Waals surface area contributed by atoms with E-state index in [2.05, 4.69) is 10.1 Å². The number of esters is 1. The Morgan fingerprint density at radius 1 is 1.24 bits per heavy atom. The van der Waals surface area contributed by atoms with Gasteiger partial charge in [0, 0.05) is 18.0 Å². The van der Waals surface area contributed by atoms with Gasteiger partial charge in [-0.3, -0.25) is 9.69 Å². The quantitative estimate of drug-likeness (QED) is 0.748. The fourth-order valence-corrected chi connectivity index (χ4v) is 3.38. The molecule has 0 saturated carbocycles. The highest BCUT2D eigenvalue weighted by Crippen LogP contribution is 2.22. The third-order valence-corrected chi connectivity index (χ3v) is 5.13. The molecule has 0 radical (unpaired) electrons. The molecule has 0 fully saturated rings. The van der Waals surface area contributed by atoms with Gasteiger partial charge in [0.15, 0.2) is 0 Å². The van der Waals surface area contributed by atoms with Crippen LogP contribution in [-0.4, -0.2) is 37.0 Å². The third kappa shape index (κ3) is 5.56. The Balaban J connectivity index is 1.85. The monoisotopic (exact) mass is 380 g/mol. The van der Waals surface area contributed by atoms with Gasteiger partial charge in [-0.25, -0.2) is 4.79 Å². The van der Waals surface area contributed by atoms with Gasteiger partial charge in [0.2, 0.25) is 5.91 Å². The molecule has 25 heavy (non-hydrogen) atoms. The summed E-state index contributed by atoms with van der Waals surface area (Å²) < 4.78 is 5.41. The molecule has 1 aromatic heterocycles. The number of carbonyl (C=O) groups excluding carboxylic acids is 2. The largest absolute Gasteiger partial charge is 0.465 e. The number of thiophene rings is 1. The second-order valence-corrected chi connectivity index (χ2v) is 7.50. The van der Waals surface area contributed by atoms with Crippen LogP contribution in [0.4, 0.5) is 0 Å². The molecule has 0 aliphatic rings. The number of amides is 1. The predicted octanol–water partition coefficient (Wildman–Crippen LogP) is 3.32. The van der Waals surface area contributed by atoms with Gasteiger partial charge in [-0.15, -0.1) is 11.3 Å². The fourth-order valence-electron chi connectivity index (χ4n) is 2.23. The van der Waals surface area contributed by atoms with Gasteiger partial charge < -0.3 is 10.1 Å². The first kappa shape index (κ1) is 19.4. The number of hydrogen-bond donors (Lipinski definition) is 1. The fraction of sp³-hybridized carbons (Fsp3) is 0.333. The summed E-state index contributed by atoms with van der Waals surface area (Å²) in [5.41, 5.74) is 1.40. The summed E-state index contributed by atoms with van der Waals surface area (Å²) in [4.78, 5) is 26.8. The average Bonchev–Trinajstić information content (AvgIpc) is 3.03. The zero-order valence-electron chi connectivity index (χ0n) is 14.4. The highest BCUT2D eigenvalue weighted by Gasteiger charge is 2.18. The van der Waals surface area contributed by atoms with Gasteiger partial charge in [-0.05, 0) is 43.8 Å². The molecule has 7 heteroatoms. The van der Waals surface area contributed by atoms with Crippen molar-refractivity contribution >= 4 is 34.8 Å². The number of ether oxygens (including phenoxy) is 1. The van der Waals surface area contributed by atoms with E-state index in [9.17, 15) is 9.59 Å². The van der Waals surface area contributed by atoms with Crippen molar-refractivity contribution in [2.75, 3.05) is 14.2 Å². The molecular formula is C18H21ClN2O3S. The second-order valence-electron chi connectivity index (χ2n) is 5.70. The molecule has 1 atom stereocenters. The van der Waals surface area contributed by atoms with Crippen molar-refractivity contribution in [3.8, 4) is 0 Å². The molecule has 0 spiro atoms. The normalized spacial score (nSPS) is 12.0. The number of methoxy groups -OCH3 is 1. The van der Waals surface area contributed by atoms with Gasteiger partial charge in [-0.2, -0.15) is 0 Å². The first-order chi connectivity index (χ1) is 11.9. The summed E-state index contributed by atoms with van der Waals surface area (Å²) >= 11 is 7.45. The lowest BCUT2D eigenvalue weighted by atomic mass is 10.1. The molecule has 2 rings (SSSR count). The minimum absolute atomic E-state index is 0.0535. The van der Waals surface area contributed by atoms with Crippen LogP contribution in [-0.2, 0) is 22.6 Å². The lowest BCUT2D eigenvalue weighted by Crippen LogP contribution is -2.42. The molecule has 1 aromatic carbocycles. The van der Waals surface area contributed by atoms with Gasteiger partial charge >= 0.3 is 5.97 Å². The van der Waals surface area contributed by atoms with E-state index < -0.39 is 0 Å². The topological polar surface area (TPSA) is 58.6 Å². The van der Waals surface area contributed by atoms with E-state index in [1.54, 1.807) is 24.3 Å². The summed E-state index contributed by atoms with van der Waals surface area (Å²) in [7, 11) is 3.25. The number of benzene rings is 1. The number of likely N-dealkylation sites (N-methyl/N-ethyl adjacent to an activating group) is 1. The molecule has 1 amide bonds. The van der Waals surface area contributed by atoms with Gasteiger partial charge in [0.05, 0.1) is 23.1 Å². The predicted molar refractivity (Wildman–Crippen MR) is 99.9 cm³/mol. The first-order valence-corrected chi connectivity index (χ1v) is 8.99. The highest BCUT2D eigenvalue weighted by molar-refractivity contribution is 7.16. The number of carbonyl (C=O) groups is 2. The Bertz CT molecular complexity index is 730. The minimum atomic E-state index is -0.375. The Labute approximate surface area is 156 Å². The molecule has 0 aliphatic carbocycles. The molecular weight excluding hydrogens is 360 g/mol. The smallest absolute Gasteiger partial charge is 0.337 e. The van der Waals surface area contributed by atoms with Crippen LogP contribution >= 0.6 is 22.9 Å². The number of halogens is 1. The van der Waals surface area contributed by atoms with Crippen molar-refractivity contribution in [2.24, 2.45) is 0 Å². The summed E-state index contributed by atoms with van der Waals surface area (Å²) in [6.45, 7) is 2.94. The molecule has 0 saturated heterocycles. The molecule has 0 unspecified atom stereocenters. The van der Waals surface area contributed by atoms with Crippen LogP contribution in [0.25, 0.3) is 0 Å². The third-order valence-electron chi connectivity index (χ3n) is 3.92. The molecule has 1 heterocycles. The summed E-state index contributed by atoms with van der Waals surface area (Å²) in [6.07, 6.45) is 0. The van der Waals surface area contributed by atoms with E-state index in [1.165, 1.54) is 18.4 Å². The Morgan fingerprint density at radius 2 is 1.92 bits per heavy atom. The molecule has 1 N–H and O–H groups in total. The van der Waals surface area contributed by atoms with Crippen molar-refractivity contribution in [1.29, 1.82) is 0 Å². The number of nitrogens with zero attached hydrogens (tertiary/aromatic N) is 1. The molecule has 134 valence electrons. The lowest BCUT2D eigenvalue weighted by Gasteiger charge is -2.23. The summed E-state index contributed by atoms with van der Waals surface area (Å²) in [5, 5.41) is 2.91. The maximum absolute atomic E-state index is 12.3. The van der Waals surface area contributed by atoms with Crippen LogP contribution in [0, 0.1) is 0 Å².